The average Bonchev–Trinajstić information content (AvgIpc) is 3.62. The van der Waals surface area contributed by atoms with Crippen LogP contribution >= 0.6 is 24.2 Å². The van der Waals surface area contributed by atoms with Gasteiger partial charge in [0.2, 0.25) is 0 Å². The van der Waals surface area contributed by atoms with Gasteiger partial charge in [-0.15, -0.1) is 12.4 Å². The first-order valence-corrected chi connectivity index (χ1v) is 13.8. The Bertz CT molecular complexity index is 1170. The van der Waals surface area contributed by atoms with Crippen LogP contribution < -0.4 is 0 Å². The van der Waals surface area contributed by atoms with Gasteiger partial charge in [0.25, 0.3) is 0 Å². The third kappa shape index (κ3) is 8.01. The van der Waals surface area contributed by atoms with Gasteiger partial charge in [-0.3, -0.25) is 24.0 Å². The lowest BCUT2D eigenvalue weighted by Crippen LogP contribution is -2.43. The summed E-state index contributed by atoms with van der Waals surface area (Å²) in [7, 11) is 0. The lowest BCUT2D eigenvalue weighted by atomic mass is 9.93. The first kappa shape index (κ1) is 30.1. The highest BCUT2D eigenvalue weighted by Crippen LogP contribution is 2.40. The summed E-state index contributed by atoms with van der Waals surface area (Å²) in [6, 6.07) is 7.79. The van der Waals surface area contributed by atoms with E-state index in [1.54, 1.807) is 36.7 Å². The smallest absolute Gasteiger partial charge is 0.305 e. The molecule has 2 fully saturated rings. The molecule has 2 aromatic rings. The molecular formula is C28H35ClFN3O4S. The van der Waals surface area contributed by atoms with Gasteiger partial charge in [0.1, 0.15) is 5.82 Å². The Morgan fingerprint density at radius 1 is 1.21 bits per heavy atom. The first-order valence-electron chi connectivity index (χ1n) is 12.9. The molecule has 1 aliphatic carbocycles. The van der Waals surface area contributed by atoms with Crippen molar-refractivity contribution in [3.63, 3.8) is 0 Å². The SMILES string of the molecule is CCOC(=O)CCCn1ccc(C=C2CN(C(C(=O)C3CC3)c3ccccc3F)CCC2SC(C)=O)n1.Cl. The van der Waals surface area contributed by atoms with E-state index in [-0.39, 0.29) is 46.3 Å². The molecule has 4 rings (SSSR count). The second-order valence-corrected chi connectivity index (χ2v) is 11.0. The number of carbonyl (C=O) groups excluding carboxylic acids is 3. The number of ketones is 1. The first-order chi connectivity index (χ1) is 17.9. The molecule has 1 saturated heterocycles. The third-order valence-corrected chi connectivity index (χ3v) is 7.82. The van der Waals surface area contributed by atoms with E-state index in [9.17, 15) is 18.8 Å². The fourth-order valence-electron chi connectivity index (χ4n) is 4.78. The minimum absolute atomic E-state index is 0. The van der Waals surface area contributed by atoms with E-state index in [2.05, 4.69) is 10.00 Å². The predicted molar refractivity (Wildman–Crippen MR) is 148 cm³/mol. The molecular weight excluding hydrogens is 529 g/mol. The van der Waals surface area contributed by atoms with Gasteiger partial charge in [0.05, 0.1) is 18.3 Å². The van der Waals surface area contributed by atoms with Crippen LogP contribution in [-0.2, 0) is 25.7 Å². The minimum atomic E-state index is -0.638. The predicted octanol–water partition coefficient (Wildman–Crippen LogP) is 5.25. The second kappa shape index (κ2) is 14.1. The Morgan fingerprint density at radius 3 is 2.66 bits per heavy atom. The van der Waals surface area contributed by atoms with Crippen molar-refractivity contribution in [2.45, 2.75) is 63.8 Å². The van der Waals surface area contributed by atoms with Crippen molar-refractivity contribution in [3.8, 4) is 0 Å². The van der Waals surface area contributed by atoms with Gasteiger partial charge in [-0.2, -0.15) is 5.10 Å². The van der Waals surface area contributed by atoms with E-state index in [0.29, 0.717) is 51.1 Å². The summed E-state index contributed by atoms with van der Waals surface area (Å²) < 4.78 is 21.6. The molecule has 2 unspecified atom stereocenters. The molecule has 206 valence electrons. The standard InChI is InChI=1S/C28H34FN3O4S.ClH/c1-3-36-26(34)9-6-14-32-16-12-22(30-32)17-21-18-31(15-13-25(21)37-19(2)33)27(28(35)20-10-11-20)23-7-4-5-8-24(23)29;/h4-5,7-8,12,16-17,20,25,27H,3,6,9-11,13-15,18H2,1-2H3;1H. The van der Waals surface area contributed by atoms with Crippen LogP contribution in [0.2, 0.25) is 0 Å². The fourth-order valence-corrected chi connectivity index (χ4v) is 5.70. The molecule has 10 heteroatoms. The van der Waals surface area contributed by atoms with Crippen LogP contribution in [0.15, 0.2) is 42.1 Å². The molecule has 0 spiro atoms. The number of hydrogen-bond acceptors (Lipinski definition) is 7. The number of Topliss-reactive ketones (excluding diaryl/α,β-unsaturated/α-hetero) is 1. The number of thioether (sulfide) groups is 1. The molecule has 0 N–H and O–H groups in total. The van der Waals surface area contributed by atoms with E-state index >= 15 is 0 Å². The maximum absolute atomic E-state index is 14.8. The second-order valence-electron chi connectivity index (χ2n) is 9.59. The number of piperidine rings is 1. The number of likely N-dealkylation sites (tertiary alicyclic amines) is 1. The van der Waals surface area contributed by atoms with Crippen LogP contribution in [-0.4, -0.2) is 56.5 Å². The summed E-state index contributed by atoms with van der Waals surface area (Å²) in [5, 5.41) is 4.63. The van der Waals surface area contributed by atoms with E-state index in [4.69, 9.17) is 4.74 Å². The zero-order valence-electron chi connectivity index (χ0n) is 21.8. The van der Waals surface area contributed by atoms with Crippen molar-refractivity contribution in [3.05, 3.63) is 59.2 Å². The molecule has 2 heterocycles. The average molecular weight is 564 g/mol. The van der Waals surface area contributed by atoms with Gasteiger partial charge >= 0.3 is 5.97 Å². The number of carbonyl (C=O) groups is 3. The molecule has 1 saturated carbocycles. The normalized spacial score (nSPS) is 19.6. The van der Waals surface area contributed by atoms with E-state index in [1.807, 2.05) is 18.3 Å². The van der Waals surface area contributed by atoms with Gasteiger partial charge in [0.15, 0.2) is 10.9 Å². The highest BCUT2D eigenvalue weighted by Gasteiger charge is 2.41. The highest BCUT2D eigenvalue weighted by molar-refractivity contribution is 8.14. The number of hydrogen-bond donors (Lipinski definition) is 0. The molecule has 1 aromatic heterocycles. The molecule has 0 radical (unpaired) electrons. The maximum Gasteiger partial charge on any atom is 0.305 e. The van der Waals surface area contributed by atoms with Crippen LogP contribution in [0, 0.1) is 11.7 Å². The summed E-state index contributed by atoms with van der Waals surface area (Å²) in [4.78, 5) is 39.0. The topological polar surface area (TPSA) is 81.5 Å². The number of benzene rings is 1. The summed E-state index contributed by atoms with van der Waals surface area (Å²) in [6.45, 7) is 5.37. The largest absolute Gasteiger partial charge is 0.466 e. The van der Waals surface area contributed by atoms with Crippen molar-refractivity contribution in [1.29, 1.82) is 0 Å². The lowest BCUT2D eigenvalue weighted by molar-refractivity contribution is -0.143. The monoisotopic (exact) mass is 563 g/mol. The number of ether oxygens (including phenoxy) is 1. The Hall–Kier alpha value is -2.49. The number of esters is 1. The summed E-state index contributed by atoms with van der Waals surface area (Å²) in [5.74, 6) is -0.512. The number of aryl methyl sites for hydroxylation is 1. The van der Waals surface area contributed by atoms with Crippen molar-refractivity contribution >= 4 is 47.1 Å². The van der Waals surface area contributed by atoms with Crippen LogP contribution in [0.3, 0.4) is 0 Å². The number of nitrogens with zero attached hydrogens (tertiary/aromatic N) is 3. The van der Waals surface area contributed by atoms with Crippen LogP contribution in [0.25, 0.3) is 6.08 Å². The van der Waals surface area contributed by atoms with Gasteiger partial charge < -0.3 is 4.74 Å². The lowest BCUT2D eigenvalue weighted by Gasteiger charge is -2.38. The molecule has 0 bridgehead atoms. The summed E-state index contributed by atoms with van der Waals surface area (Å²) >= 11 is 1.29. The minimum Gasteiger partial charge on any atom is -0.466 e. The van der Waals surface area contributed by atoms with Crippen LogP contribution in [0.5, 0.6) is 0 Å². The Balaban J connectivity index is 0.00000400. The Morgan fingerprint density at radius 2 is 1.97 bits per heavy atom. The van der Waals surface area contributed by atoms with E-state index in [0.717, 1.165) is 24.1 Å². The summed E-state index contributed by atoms with van der Waals surface area (Å²) in [6.07, 6.45) is 7.20. The van der Waals surface area contributed by atoms with E-state index < -0.39 is 6.04 Å². The Labute approximate surface area is 233 Å². The summed E-state index contributed by atoms with van der Waals surface area (Å²) in [5.41, 5.74) is 2.16. The van der Waals surface area contributed by atoms with Crippen LogP contribution in [0.4, 0.5) is 4.39 Å². The van der Waals surface area contributed by atoms with Crippen LogP contribution in [0.1, 0.15) is 63.3 Å². The van der Waals surface area contributed by atoms with Gasteiger partial charge in [-0.05, 0) is 56.4 Å². The number of rotatable bonds is 11. The molecule has 0 amide bonds. The number of halogens is 2. The molecule has 1 aliphatic heterocycles. The highest BCUT2D eigenvalue weighted by atomic mass is 35.5. The number of aromatic nitrogens is 2. The van der Waals surface area contributed by atoms with Crippen molar-refractivity contribution in [1.82, 2.24) is 14.7 Å². The Kier molecular flexibility index (Phi) is 11.1. The maximum atomic E-state index is 14.8. The van der Waals surface area contributed by atoms with Gasteiger partial charge in [-0.25, -0.2) is 4.39 Å². The fraction of sp³-hybridized carbons (Fsp3) is 0.500. The van der Waals surface area contributed by atoms with Gasteiger partial charge in [0, 0.05) is 55.9 Å². The molecule has 2 atom stereocenters. The molecule has 2 aliphatic rings. The van der Waals surface area contributed by atoms with Crippen molar-refractivity contribution < 1.29 is 23.5 Å². The third-order valence-electron chi connectivity index (χ3n) is 6.67. The zero-order chi connectivity index (χ0) is 26.4. The molecule has 38 heavy (non-hydrogen) atoms. The van der Waals surface area contributed by atoms with Crippen molar-refractivity contribution in [2.24, 2.45) is 5.92 Å². The van der Waals surface area contributed by atoms with Crippen molar-refractivity contribution in [2.75, 3.05) is 19.7 Å². The molecule has 1 aromatic carbocycles. The van der Waals surface area contributed by atoms with Gasteiger partial charge in [-0.1, -0.05) is 30.0 Å². The quantitative estimate of drug-likeness (QED) is 0.346. The van der Waals surface area contributed by atoms with E-state index in [1.165, 1.54) is 17.8 Å². The zero-order valence-corrected chi connectivity index (χ0v) is 23.4. The molecule has 7 nitrogen and oxygen atoms in total.